The molecule has 0 aromatic carbocycles. The largest absolute Gasteiger partial charge is 0.124 e. The lowest BCUT2D eigenvalue weighted by Crippen LogP contribution is -2.26. The smallest absolute Gasteiger partial charge is 0.0170 e. The molecule has 0 heterocycles. The Hall–Kier alpha value is -0.170. The van der Waals surface area contributed by atoms with Crippen LogP contribution in [0.2, 0.25) is 0 Å². The van der Waals surface area contributed by atoms with Crippen LogP contribution in [0, 0.1) is 11.3 Å². The first-order valence-corrected chi connectivity index (χ1v) is 6.64. The van der Waals surface area contributed by atoms with Gasteiger partial charge in [0, 0.05) is 4.75 Å². The molecule has 1 aliphatic carbocycles. The summed E-state index contributed by atoms with van der Waals surface area (Å²) in [5, 5.41) is 0. The summed E-state index contributed by atoms with van der Waals surface area (Å²) >= 11 is 2.05. The van der Waals surface area contributed by atoms with Crippen LogP contribution in [0.3, 0.4) is 0 Å². The third-order valence-corrected chi connectivity index (χ3v) is 5.35. The molecule has 0 saturated heterocycles. The van der Waals surface area contributed by atoms with E-state index in [9.17, 15) is 0 Å². The number of rotatable bonds is 3. The molecular formula is C14H24S. The summed E-state index contributed by atoms with van der Waals surface area (Å²) in [5.41, 5.74) is 0.325. The summed E-state index contributed by atoms with van der Waals surface area (Å²) in [5.74, 6) is 0.699. The number of hydrogen-bond donors (Lipinski definition) is 0. The number of hydrogen-bond acceptors (Lipinski definition) is 1. The molecule has 0 aromatic heterocycles. The van der Waals surface area contributed by atoms with Crippen LogP contribution >= 0.6 is 11.8 Å². The minimum Gasteiger partial charge on any atom is -0.124 e. The van der Waals surface area contributed by atoms with Crippen molar-refractivity contribution in [3.8, 4) is 0 Å². The molecule has 0 aliphatic heterocycles. The molecule has 1 aliphatic rings. The van der Waals surface area contributed by atoms with E-state index >= 15 is 0 Å². The summed E-state index contributed by atoms with van der Waals surface area (Å²) in [4.78, 5) is 1.53. The molecule has 0 radical (unpaired) electrons. The van der Waals surface area contributed by atoms with Gasteiger partial charge < -0.3 is 0 Å². The van der Waals surface area contributed by atoms with Crippen molar-refractivity contribution >= 4 is 11.8 Å². The maximum atomic E-state index is 2.34. The van der Waals surface area contributed by atoms with Crippen LogP contribution in [0.4, 0.5) is 0 Å². The molecule has 1 heteroatoms. The van der Waals surface area contributed by atoms with Crippen LogP contribution < -0.4 is 0 Å². The Kier molecular flexibility index (Phi) is 3.76. The lowest BCUT2D eigenvalue weighted by molar-refractivity contribution is 0.465. The fourth-order valence-corrected chi connectivity index (χ4v) is 2.73. The third-order valence-electron chi connectivity index (χ3n) is 3.44. The van der Waals surface area contributed by atoms with E-state index in [1.165, 1.54) is 11.3 Å². The molecule has 0 amide bonds. The van der Waals surface area contributed by atoms with E-state index in [0.29, 0.717) is 16.1 Å². The molecule has 0 unspecified atom stereocenters. The summed E-state index contributed by atoms with van der Waals surface area (Å²) in [7, 11) is 0. The maximum absolute atomic E-state index is 2.34. The first-order chi connectivity index (χ1) is 6.76. The van der Waals surface area contributed by atoms with Crippen molar-refractivity contribution in [1.82, 2.24) is 0 Å². The van der Waals surface area contributed by atoms with Crippen molar-refractivity contribution in [3.63, 3.8) is 0 Å². The summed E-state index contributed by atoms with van der Waals surface area (Å²) < 4.78 is 0.328. The molecule has 0 atom stereocenters. The van der Waals surface area contributed by atoms with Crippen LogP contribution in [0.5, 0.6) is 0 Å². The highest BCUT2D eigenvalue weighted by Crippen LogP contribution is 2.47. The fourth-order valence-electron chi connectivity index (χ4n) is 1.42. The highest BCUT2D eigenvalue weighted by molar-refractivity contribution is 8.04. The zero-order chi connectivity index (χ0) is 11.7. The van der Waals surface area contributed by atoms with Gasteiger partial charge in [-0.15, -0.1) is 11.8 Å². The van der Waals surface area contributed by atoms with Crippen LogP contribution in [0.15, 0.2) is 23.1 Å². The third kappa shape index (κ3) is 3.14. The Labute approximate surface area is 99.2 Å². The van der Waals surface area contributed by atoms with Crippen LogP contribution in [-0.4, -0.2) is 4.75 Å². The topological polar surface area (TPSA) is 0 Å². The first-order valence-electron chi connectivity index (χ1n) is 5.82. The van der Waals surface area contributed by atoms with Gasteiger partial charge in [-0.1, -0.05) is 59.8 Å². The minimum absolute atomic E-state index is 0.325. The molecule has 86 valence electrons. The molecule has 0 fully saturated rings. The van der Waals surface area contributed by atoms with Gasteiger partial charge in [0.2, 0.25) is 0 Å². The zero-order valence-electron chi connectivity index (χ0n) is 10.9. The highest BCUT2D eigenvalue weighted by Gasteiger charge is 2.31. The summed E-state index contributed by atoms with van der Waals surface area (Å²) in [6, 6.07) is 0. The van der Waals surface area contributed by atoms with Gasteiger partial charge >= 0.3 is 0 Å². The van der Waals surface area contributed by atoms with Gasteiger partial charge in [0.25, 0.3) is 0 Å². The van der Waals surface area contributed by atoms with Crippen molar-refractivity contribution < 1.29 is 0 Å². The molecule has 0 saturated carbocycles. The van der Waals surface area contributed by atoms with Crippen molar-refractivity contribution in [1.29, 1.82) is 0 Å². The Morgan fingerprint density at radius 2 is 1.93 bits per heavy atom. The van der Waals surface area contributed by atoms with Crippen molar-refractivity contribution in [2.24, 2.45) is 11.3 Å². The molecule has 0 bridgehead atoms. The van der Waals surface area contributed by atoms with Crippen LogP contribution in [0.1, 0.15) is 48.0 Å². The van der Waals surface area contributed by atoms with Crippen LogP contribution in [-0.2, 0) is 0 Å². The zero-order valence-corrected chi connectivity index (χ0v) is 11.7. The van der Waals surface area contributed by atoms with Crippen molar-refractivity contribution in [2.75, 3.05) is 0 Å². The van der Waals surface area contributed by atoms with Gasteiger partial charge in [-0.3, -0.25) is 0 Å². The van der Waals surface area contributed by atoms with E-state index in [1.54, 1.807) is 0 Å². The van der Waals surface area contributed by atoms with Gasteiger partial charge in [0.1, 0.15) is 0 Å². The van der Waals surface area contributed by atoms with Crippen molar-refractivity contribution in [3.05, 3.63) is 23.1 Å². The predicted octanol–water partition coefficient (Wildman–Crippen LogP) is 5.02. The molecule has 0 aromatic rings. The second kappa shape index (κ2) is 4.37. The van der Waals surface area contributed by atoms with Gasteiger partial charge in [-0.25, -0.2) is 0 Å². The second-order valence-corrected chi connectivity index (χ2v) is 7.60. The Balaban J connectivity index is 2.81. The maximum Gasteiger partial charge on any atom is 0.0170 e. The Morgan fingerprint density at radius 3 is 2.40 bits per heavy atom. The highest BCUT2D eigenvalue weighted by atomic mass is 32.2. The number of allylic oxidation sites excluding steroid dienone is 4. The first kappa shape index (κ1) is 12.9. The Morgan fingerprint density at radius 1 is 1.33 bits per heavy atom. The van der Waals surface area contributed by atoms with E-state index in [2.05, 4.69) is 59.8 Å². The lowest BCUT2D eigenvalue weighted by atomic mass is 9.86. The quantitative estimate of drug-likeness (QED) is 0.648. The predicted molar refractivity (Wildman–Crippen MR) is 72.1 cm³/mol. The molecule has 0 N–H and O–H groups in total. The molecule has 15 heavy (non-hydrogen) atoms. The second-order valence-electron chi connectivity index (χ2n) is 5.91. The van der Waals surface area contributed by atoms with Crippen LogP contribution in [0.25, 0.3) is 0 Å². The lowest BCUT2D eigenvalue weighted by Gasteiger charge is -2.36. The Bertz CT molecular complexity index is 280. The average molecular weight is 224 g/mol. The number of thioether (sulfide) groups is 1. The molecule has 1 rings (SSSR count). The van der Waals surface area contributed by atoms with Gasteiger partial charge in [-0.05, 0) is 22.7 Å². The van der Waals surface area contributed by atoms with Gasteiger partial charge in [0.05, 0.1) is 0 Å². The monoisotopic (exact) mass is 224 g/mol. The molecule has 0 nitrogen and oxygen atoms in total. The fraction of sp³-hybridized carbons (Fsp3) is 0.714. The van der Waals surface area contributed by atoms with E-state index in [1.807, 2.05) is 11.8 Å². The van der Waals surface area contributed by atoms with Gasteiger partial charge in [0.15, 0.2) is 0 Å². The molecular weight excluding hydrogens is 200 g/mol. The normalized spacial score (nSPS) is 20.6. The van der Waals surface area contributed by atoms with Gasteiger partial charge in [-0.2, -0.15) is 0 Å². The van der Waals surface area contributed by atoms with E-state index in [4.69, 9.17) is 0 Å². The SMILES string of the molecule is CC(C)C(C)(C)SC1=CC=CCC1(C)C. The summed E-state index contributed by atoms with van der Waals surface area (Å²) in [6.07, 6.45) is 7.93. The standard InChI is InChI=1S/C14H24S/c1-11(2)14(5,6)15-12-9-7-8-10-13(12,3)4/h7-9,11H,10H2,1-6H3. The van der Waals surface area contributed by atoms with Crippen molar-refractivity contribution in [2.45, 2.75) is 52.7 Å². The van der Waals surface area contributed by atoms with E-state index < -0.39 is 0 Å². The minimum atomic E-state index is 0.325. The molecule has 0 spiro atoms. The average Bonchev–Trinajstić information content (AvgIpc) is 2.08. The van der Waals surface area contributed by atoms with E-state index in [-0.39, 0.29) is 0 Å². The summed E-state index contributed by atoms with van der Waals surface area (Å²) in [6.45, 7) is 14.0. The van der Waals surface area contributed by atoms with E-state index in [0.717, 1.165) is 0 Å².